The number of rotatable bonds is 2. The fourth-order valence-corrected chi connectivity index (χ4v) is 2.55. The third-order valence-corrected chi connectivity index (χ3v) is 3.41. The lowest BCUT2D eigenvalue weighted by molar-refractivity contribution is -0.394. The number of ketones is 1. The molecule has 2 bridgehead atoms. The van der Waals surface area contributed by atoms with Crippen LogP contribution in [0.3, 0.4) is 0 Å². The summed E-state index contributed by atoms with van der Waals surface area (Å²) in [6.07, 6.45) is -0.983. The number of hydrogen-bond donors (Lipinski definition) is 0. The van der Waals surface area contributed by atoms with E-state index in [-0.39, 0.29) is 29.6 Å². The lowest BCUT2D eigenvalue weighted by Gasteiger charge is -2.24. The minimum Gasteiger partial charge on any atom is -0.390 e. The van der Waals surface area contributed by atoms with Gasteiger partial charge in [-0.2, -0.15) is 4.68 Å². The highest BCUT2D eigenvalue weighted by Crippen LogP contribution is 2.34. The fourth-order valence-electron chi connectivity index (χ4n) is 2.05. The van der Waals surface area contributed by atoms with Crippen molar-refractivity contribution < 1.29 is 19.2 Å². The van der Waals surface area contributed by atoms with Crippen LogP contribution in [0.4, 0.5) is 5.95 Å². The summed E-state index contributed by atoms with van der Waals surface area (Å²) in [4.78, 5) is 25.2. The summed E-state index contributed by atoms with van der Waals surface area (Å²) in [7, 11) is 0. The quantitative estimate of drug-likeness (QED) is 0.566. The second kappa shape index (κ2) is 4.07. The first kappa shape index (κ1) is 11.7. The van der Waals surface area contributed by atoms with Gasteiger partial charge in [-0.1, -0.05) is 0 Å². The molecule has 3 unspecified atom stereocenters. The fraction of sp³-hybridized carbons (Fsp3) is 0.625. The van der Waals surface area contributed by atoms with Crippen LogP contribution in [0.1, 0.15) is 12.5 Å². The highest BCUT2D eigenvalue weighted by molar-refractivity contribution is 9.10. The van der Waals surface area contributed by atoms with E-state index in [2.05, 4.69) is 26.0 Å². The molecular formula is C8H7BrN4O5. The van der Waals surface area contributed by atoms with Crippen molar-refractivity contribution >= 4 is 27.7 Å². The van der Waals surface area contributed by atoms with Gasteiger partial charge in [0.15, 0.2) is 5.78 Å². The number of ether oxygens (including phenoxy) is 2. The van der Waals surface area contributed by atoms with Crippen molar-refractivity contribution in [2.24, 2.45) is 0 Å². The van der Waals surface area contributed by atoms with Gasteiger partial charge in [-0.05, 0) is 9.91 Å². The molecule has 3 rings (SSSR count). The van der Waals surface area contributed by atoms with Gasteiger partial charge in [0.2, 0.25) is 6.29 Å². The van der Waals surface area contributed by atoms with Crippen molar-refractivity contribution in [2.75, 3.05) is 6.61 Å². The molecule has 0 N–H and O–H groups in total. The third kappa shape index (κ3) is 1.72. The summed E-state index contributed by atoms with van der Waals surface area (Å²) in [6, 6.07) is -0.438. The van der Waals surface area contributed by atoms with E-state index >= 15 is 0 Å². The van der Waals surface area contributed by atoms with Crippen molar-refractivity contribution in [3.05, 3.63) is 14.8 Å². The Labute approximate surface area is 108 Å². The molecule has 0 saturated carbocycles. The van der Waals surface area contributed by atoms with Crippen LogP contribution in [0.15, 0.2) is 4.73 Å². The van der Waals surface area contributed by atoms with E-state index in [0.717, 1.165) is 0 Å². The van der Waals surface area contributed by atoms with Gasteiger partial charge in [-0.3, -0.25) is 4.79 Å². The normalized spacial score (nSPS) is 30.7. The Morgan fingerprint density at radius 2 is 2.33 bits per heavy atom. The molecule has 0 aromatic carbocycles. The smallest absolute Gasteiger partial charge is 0.390 e. The average Bonchev–Trinajstić information content (AvgIpc) is 2.89. The van der Waals surface area contributed by atoms with Crippen LogP contribution in [0.2, 0.25) is 0 Å². The molecule has 2 saturated heterocycles. The maximum Gasteiger partial charge on any atom is 0.492 e. The Kier molecular flexibility index (Phi) is 2.64. The molecule has 0 radical (unpaired) electrons. The Morgan fingerprint density at radius 1 is 1.56 bits per heavy atom. The summed E-state index contributed by atoms with van der Waals surface area (Å²) >= 11 is 3.09. The molecule has 2 fully saturated rings. The predicted octanol–water partition coefficient (Wildman–Crippen LogP) is 0.204. The molecule has 18 heavy (non-hydrogen) atoms. The van der Waals surface area contributed by atoms with Crippen LogP contribution in [-0.4, -0.2) is 44.5 Å². The number of halogens is 1. The molecular weight excluding hydrogens is 312 g/mol. The molecule has 1 aromatic rings. The van der Waals surface area contributed by atoms with E-state index in [9.17, 15) is 14.9 Å². The lowest BCUT2D eigenvalue weighted by Crippen LogP contribution is -2.37. The standard InChI is InChI=1S/C8H7BrN4O5/c9-7-10-8(13(15)16)11-12(7)3-1-4(14)6-17-2-5(3)18-6/h3,5-6H,1-2H2. The number of carbonyl (C=O) groups excluding carboxylic acids is 1. The predicted molar refractivity (Wildman–Crippen MR) is 57.7 cm³/mol. The first-order chi connectivity index (χ1) is 8.56. The van der Waals surface area contributed by atoms with Crippen LogP contribution < -0.4 is 0 Å². The number of Topliss-reactive ketones (excluding diaryl/α,β-unsaturated/α-hetero) is 1. The number of fused-ring (bicyclic) bond motifs is 2. The summed E-state index contributed by atoms with van der Waals surface area (Å²) < 4.78 is 12.0. The van der Waals surface area contributed by atoms with Gasteiger partial charge >= 0.3 is 5.95 Å². The van der Waals surface area contributed by atoms with Gasteiger partial charge in [-0.25, -0.2) is 0 Å². The molecule has 0 spiro atoms. The van der Waals surface area contributed by atoms with Crippen molar-refractivity contribution in [1.82, 2.24) is 14.8 Å². The number of nitrogens with zero attached hydrogens (tertiary/aromatic N) is 4. The van der Waals surface area contributed by atoms with Gasteiger partial charge < -0.3 is 19.6 Å². The molecule has 0 amide bonds. The van der Waals surface area contributed by atoms with Crippen LogP contribution in [-0.2, 0) is 14.3 Å². The average molecular weight is 319 g/mol. The van der Waals surface area contributed by atoms with Gasteiger partial charge in [-0.15, -0.1) is 0 Å². The molecule has 0 aliphatic carbocycles. The van der Waals surface area contributed by atoms with E-state index in [1.165, 1.54) is 4.68 Å². The minimum absolute atomic E-state index is 0.161. The van der Waals surface area contributed by atoms with Crippen LogP contribution >= 0.6 is 15.9 Å². The van der Waals surface area contributed by atoms with E-state index < -0.39 is 23.2 Å². The number of hydrogen-bond acceptors (Lipinski definition) is 7. The summed E-state index contributed by atoms with van der Waals surface area (Å²) in [5.41, 5.74) is 0. The molecule has 9 nitrogen and oxygen atoms in total. The van der Waals surface area contributed by atoms with Crippen molar-refractivity contribution in [3.63, 3.8) is 0 Å². The summed E-state index contributed by atoms with van der Waals surface area (Å²) in [6.45, 7) is 0.265. The maximum atomic E-state index is 11.6. The number of aromatic nitrogens is 3. The summed E-state index contributed by atoms with van der Waals surface area (Å²) in [5.74, 6) is -0.714. The second-order valence-corrected chi connectivity index (χ2v) is 4.67. The zero-order chi connectivity index (χ0) is 12.9. The molecule has 2 aliphatic heterocycles. The molecule has 3 heterocycles. The van der Waals surface area contributed by atoms with Crippen molar-refractivity contribution in [2.45, 2.75) is 24.9 Å². The lowest BCUT2D eigenvalue weighted by atomic mass is 10.0. The van der Waals surface area contributed by atoms with Crippen molar-refractivity contribution in [1.29, 1.82) is 0 Å². The first-order valence-electron chi connectivity index (χ1n) is 5.12. The molecule has 10 heteroatoms. The van der Waals surface area contributed by atoms with E-state index in [1.54, 1.807) is 0 Å². The highest BCUT2D eigenvalue weighted by Gasteiger charge is 2.46. The minimum atomic E-state index is -0.802. The topological polar surface area (TPSA) is 109 Å². The summed E-state index contributed by atoms with van der Waals surface area (Å²) in [5, 5.41) is 14.4. The number of nitro groups is 1. The van der Waals surface area contributed by atoms with Gasteiger partial charge in [0.1, 0.15) is 12.1 Å². The van der Waals surface area contributed by atoms with Crippen LogP contribution in [0.5, 0.6) is 0 Å². The SMILES string of the molecule is O=C1CC(n2nc([N+](=O)[O-])nc2Br)C2COC1O2. The third-order valence-electron chi connectivity index (χ3n) is 2.87. The van der Waals surface area contributed by atoms with E-state index in [1.807, 2.05) is 0 Å². The second-order valence-electron chi connectivity index (χ2n) is 3.96. The Bertz CT molecular complexity index is 532. The molecule has 1 aromatic heterocycles. The molecule has 96 valence electrons. The van der Waals surface area contributed by atoms with Gasteiger partial charge in [0, 0.05) is 27.4 Å². The first-order valence-corrected chi connectivity index (χ1v) is 5.92. The van der Waals surface area contributed by atoms with E-state index in [0.29, 0.717) is 0 Å². The largest absolute Gasteiger partial charge is 0.492 e. The zero-order valence-corrected chi connectivity index (χ0v) is 10.4. The van der Waals surface area contributed by atoms with Crippen molar-refractivity contribution in [3.8, 4) is 0 Å². The zero-order valence-electron chi connectivity index (χ0n) is 8.85. The number of carbonyl (C=O) groups is 1. The van der Waals surface area contributed by atoms with Gasteiger partial charge in [0.05, 0.1) is 6.61 Å². The van der Waals surface area contributed by atoms with Gasteiger partial charge in [0.25, 0.3) is 4.73 Å². The Hall–Kier alpha value is -1.39. The highest BCUT2D eigenvalue weighted by atomic mass is 79.9. The van der Waals surface area contributed by atoms with Crippen LogP contribution in [0.25, 0.3) is 0 Å². The van der Waals surface area contributed by atoms with Crippen LogP contribution in [0, 0.1) is 10.1 Å². The Morgan fingerprint density at radius 3 is 3.00 bits per heavy atom. The Balaban J connectivity index is 1.94. The molecule has 2 aliphatic rings. The monoisotopic (exact) mass is 318 g/mol. The molecule has 3 atom stereocenters. The van der Waals surface area contributed by atoms with E-state index in [4.69, 9.17) is 9.47 Å². The maximum absolute atomic E-state index is 11.6.